The molecule has 0 atom stereocenters. The number of carbonyl (C=O) groups is 1. The number of carbonyl (C=O) groups excluding carboxylic acids is 1. The summed E-state index contributed by atoms with van der Waals surface area (Å²) in [4.78, 5) is 16.7. The Morgan fingerprint density at radius 3 is 2.47 bits per heavy atom. The van der Waals surface area contributed by atoms with Gasteiger partial charge in [-0.05, 0) is 38.3 Å². The molecular formula is C15H29N3O. The standard InChI is InChI=1S/C15H29N3O/c1-17(9-5-13-3-2-4-13)15(19)14-6-10-18(11-7-14)12-8-16/h13-14H,2-12,16H2,1H3. The van der Waals surface area contributed by atoms with E-state index in [1.165, 1.54) is 25.7 Å². The fourth-order valence-electron chi connectivity index (χ4n) is 3.17. The van der Waals surface area contributed by atoms with Crippen LogP contribution in [0.5, 0.6) is 0 Å². The number of amides is 1. The first kappa shape index (κ1) is 14.8. The third-order valence-corrected chi connectivity index (χ3v) is 4.86. The molecule has 2 N–H and O–H groups in total. The van der Waals surface area contributed by atoms with E-state index in [2.05, 4.69) is 4.90 Å². The molecule has 1 heterocycles. The highest BCUT2D eigenvalue weighted by atomic mass is 16.2. The minimum Gasteiger partial charge on any atom is -0.346 e. The fraction of sp³-hybridized carbons (Fsp3) is 0.933. The van der Waals surface area contributed by atoms with Crippen LogP contribution in [-0.4, -0.2) is 55.5 Å². The maximum absolute atomic E-state index is 12.4. The van der Waals surface area contributed by atoms with Crippen molar-refractivity contribution in [2.45, 2.75) is 38.5 Å². The fourth-order valence-corrected chi connectivity index (χ4v) is 3.17. The highest BCUT2D eigenvalue weighted by molar-refractivity contribution is 5.78. The SMILES string of the molecule is CN(CCC1CCC1)C(=O)C1CCN(CCN)CC1. The van der Waals surface area contributed by atoms with Gasteiger partial charge in [0.1, 0.15) is 0 Å². The van der Waals surface area contributed by atoms with Gasteiger partial charge in [-0.1, -0.05) is 19.3 Å². The van der Waals surface area contributed by atoms with E-state index < -0.39 is 0 Å². The Balaban J connectivity index is 1.67. The van der Waals surface area contributed by atoms with Crippen LogP contribution in [0, 0.1) is 11.8 Å². The Labute approximate surface area is 117 Å². The summed E-state index contributed by atoms with van der Waals surface area (Å²) >= 11 is 0. The normalized spacial score (nSPS) is 22.2. The lowest BCUT2D eigenvalue weighted by Gasteiger charge is -2.34. The van der Waals surface area contributed by atoms with Crippen LogP contribution < -0.4 is 5.73 Å². The first-order chi connectivity index (χ1) is 9.20. The van der Waals surface area contributed by atoms with Gasteiger partial charge in [0.05, 0.1) is 0 Å². The summed E-state index contributed by atoms with van der Waals surface area (Å²) in [7, 11) is 1.98. The lowest BCUT2D eigenvalue weighted by atomic mass is 9.83. The first-order valence-corrected chi connectivity index (χ1v) is 7.88. The van der Waals surface area contributed by atoms with Crippen molar-refractivity contribution >= 4 is 5.91 Å². The summed E-state index contributed by atoms with van der Waals surface area (Å²) < 4.78 is 0. The molecule has 0 radical (unpaired) electrons. The highest BCUT2D eigenvalue weighted by Crippen LogP contribution is 2.29. The summed E-state index contributed by atoms with van der Waals surface area (Å²) in [6.07, 6.45) is 7.36. The van der Waals surface area contributed by atoms with Crippen LogP contribution in [0.25, 0.3) is 0 Å². The van der Waals surface area contributed by atoms with E-state index in [1.807, 2.05) is 11.9 Å². The molecule has 0 aromatic carbocycles. The lowest BCUT2D eigenvalue weighted by Crippen LogP contribution is -2.43. The van der Waals surface area contributed by atoms with Crippen LogP contribution in [0.2, 0.25) is 0 Å². The summed E-state index contributed by atoms with van der Waals surface area (Å²) in [5.74, 6) is 1.51. The molecule has 1 saturated carbocycles. The van der Waals surface area contributed by atoms with E-state index in [0.717, 1.165) is 51.5 Å². The largest absolute Gasteiger partial charge is 0.346 e. The molecule has 110 valence electrons. The number of hydrogen-bond acceptors (Lipinski definition) is 3. The van der Waals surface area contributed by atoms with Crippen LogP contribution >= 0.6 is 0 Å². The highest BCUT2D eigenvalue weighted by Gasteiger charge is 2.27. The second-order valence-corrected chi connectivity index (χ2v) is 6.25. The van der Waals surface area contributed by atoms with Crippen LogP contribution in [0.4, 0.5) is 0 Å². The van der Waals surface area contributed by atoms with E-state index in [4.69, 9.17) is 5.73 Å². The molecule has 0 bridgehead atoms. The van der Waals surface area contributed by atoms with E-state index >= 15 is 0 Å². The van der Waals surface area contributed by atoms with Gasteiger partial charge in [-0.15, -0.1) is 0 Å². The summed E-state index contributed by atoms with van der Waals surface area (Å²) in [6, 6.07) is 0. The maximum Gasteiger partial charge on any atom is 0.225 e. The lowest BCUT2D eigenvalue weighted by molar-refractivity contribution is -0.135. The predicted molar refractivity (Wildman–Crippen MR) is 77.8 cm³/mol. The first-order valence-electron chi connectivity index (χ1n) is 7.88. The van der Waals surface area contributed by atoms with Gasteiger partial charge in [0.15, 0.2) is 0 Å². The number of piperidine rings is 1. The van der Waals surface area contributed by atoms with Gasteiger partial charge in [-0.25, -0.2) is 0 Å². The molecule has 1 aliphatic carbocycles. The van der Waals surface area contributed by atoms with Crippen molar-refractivity contribution in [3.8, 4) is 0 Å². The Bertz CT molecular complexity index is 283. The zero-order valence-corrected chi connectivity index (χ0v) is 12.3. The van der Waals surface area contributed by atoms with Gasteiger partial charge < -0.3 is 15.5 Å². The Hall–Kier alpha value is -0.610. The second-order valence-electron chi connectivity index (χ2n) is 6.25. The third-order valence-electron chi connectivity index (χ3n) is 4.86. The molecule has 2 fully saturated rings. The molecule has 1 aliphatic heterocycles. The molecular weight excluding hydrogens is 238 g/mol. The van der Waals surface area contributed by atoms with Crippen molar-refractivity contribution in [2.24, 2.45) is 17.6 Å². The number of rotatable bonds is 6. The predicted octanol–water partition coefficient (Wildman–Crippen LogP) is 1.31. The van der Waals surface area contributed by atoms with Crippen LogP contribution in [-0.2, 0) is 4.79 Å². The van der Waals surface area contributed by atoms with Gasteiger partial charge in [-0.3, -0.25) is 4.79 Å². The van der Waals surface area contributed by atoms with Crippen molar-refractivity contribution in [1.29, 1.82) is 0 Å². The number of nitrogens with two attached hydrogens (primary N) is 1. The minimum atomic E-state index is 0.250. The van der Waals surface area contributed by atoms with Gasteiger partial charge in [0, 0.05) is 32.6 Å². The van der Waals surface area contributed by atoms with Gasteiger partial charge in [0.2, 0.25) is 5.91 Å². The van der Waals surface area contributed by atoms with E-state index in [0.29, 0.717) is 5.91 Å². The van der Waals surface area contributed by atoms with Gasteiger partial charge >= 0.3 is 0 Å². The van der Waals surface area contributed by atoms with E-state index in [9.17, 15) is 4.79 Å². The third kappa shape index (κ3) is 4.18. The number of hydrogen-bond donors (Lipinski definition) is 1. The second kappa shape index (κ2) is 7.25. The zero-order valence-electron chi connectivity index (χ0n) is 12.3. The van der Waals surface area contributed by atoms with Crippen LogP contribution in [0.15, 0.2) is 0 Å². The average molecular weight is 267 g/mol. The average Bonchev–Trinajstić information content (AvgIpc) is 2.37. The molecule has 4 heteroatoms. The Morgan fingerprint density at radius 2 is 1.95 bits per heavy atom. The van der Waals surface area contributed by atoms with Crippen molar-refractivity contribution in [3.05, 3.63) is 0 Å². The molecule has 2 rings (SSSR count). The minimum absolute atomic E-state index is 0.250. The molecule has 19 heavy (non-hydrogen) atoms. The van der Waals surface area contributed by atoms with Crippen molar-refractivity contribution in [3.63, 3.8) is 0 Å². The number of likely N-dealkylation sites (tertiary alicyclic amines) is 1. The maximum atomic E-state index is 12.4. The Morgan fingerprint density at radius 1 is 1.26 bits per heavy atom. The quantitative estimate of drug-likeness (QED) is 0.789. The smallest absolute Gasteiger partial charge is 0.225 e. The molecule has 2 aliphatic rings. The molecule has 0 spiro atoms. The summed E-state index contributed by atoms with van der Waals surface area (Å²) in [5, 5.41) is 0. The molecule has 1 amide bonds. The van der Waals surface area contributed by atoms with Gasteiger partial charge in [0.25, 0.3) is 0 Å². The van der Waals surface area contributed by atoms with Crippen molar-refractivity contribution in [2.75, 3.05) is 39.8 Å². The monoisotopic (exact) mass is 267 g/mol. The molecule has 0 aromatic heterocycles. The van der Waals surface area contributed by atoms with Crippen molar-refractivity contribution < 1.29 is 4.79 Å². The number of nitrogens with zero attached hydrogens (tertiary/aromatic N) is 2. The topological polar surface area (TPSA) is 49.6 Å². The van der Waals surface area contributed by atoms with Crippen LogP contribution in [0.3, 0.4) is 0 Å². The molecule has 1 saturated heterocycles. The van der Waals surface area contributed by atoms with Crippen molar-refractivity contribution in [1.82, 2.24) is 9.80 Å². The Kier molecular flexibility index (Phi) is 5.64. The van der Waals surface area contributed by atoms with E-state index in [1.54, 1.807) is 0 Å². The zero-order chi connectivity index (χ0) is 13.7. The van der Waals surface area contributed by atoms with Gasteiger partial charge in [-0.2, -0.15) is 0 Å². The molecule has 4 nitrogen and oxygen atoms in total. The molecule has 0 unspecified atom stereocenters. The van der Waals surface area contributed by atoms with E-state index in [-0.39, 0.29) is 5.92 Å². The van der Waals surface area contributed by atoms with Crippen LogP contribution in [0.1, 0.15) is 38.5 Å². The summed E-state index contributed by atoms with van der Waals surface area (Å²) in [5.41, 5.74) is 5.57. The molecule has 0 aromatic rings. The summed E-state index contributed by atoms with van der Waals surface area (Å²) in [6.45, 7) is 4.71.